The Labute approximate surface area is 194 Å². The van der Waals surface area contributed by atoms with E-state index in [1.165, 1.54) is 48.8 Å². The van der Waals surface area contributed by atoms with Gasteiger partial charge in [0, 0.05) is 22.3 Å². The van der Waals surface area contributed by atoms with Crippen molar-refractivity contribution in [1.82, 2.24) is 0 Å². The van der Waals surface area contributed by atoms with Crippen LogP contribution in [-0.2, 0) is 6.42 Å². The summed E-state index contributed by atoms with van der Waals surface area (Å²) in [5, 5.41) is 0. The molecule has 1 aliphatic rings. The third-order valence-corrected chi connectivity index (χ3v) is 6.57. The lowest BCUT2D eigenvalue weighted by molar-refractivity contribution is 0.289. The summed E-state index contributed by atoms with van der Waals surface area (Å²) in [6.45, 7) is 6.60. The maximum absolute atomic E-state index is 3.30. The van der Waals surface area contributed by atoms with Gasteiger partial charge in [-0.3, -0.25) is 0 Å². The van der Waals surface area contributed by atoms with Gasteiger partial charge in [-0.1, -0.05) is 73.3 Å². The molecule has 1 aliphatic carbocycles. The maximum Gasteiger partial charge on any atom is 0.0278 e. The molecule has 0 amide bonds. The number of benzene rings is 3. The van der Waals surface area contributed by atoms with Crippen molar-refractivity contribution in [2.24, 2.45) is 11.8 Å². The van der Waals surface area contributed by atoms with Gasteiger partial charge in [-0.25, -0.2) is 0 Å². The Bertz CT molecular complexity index is 1160. The van der Waals surface area contributed by atoms with Crippen molar-refractivity contribution in [2.75, 3.05) is 0 Å². The van der Waals surface area contributed by atoms with Crippen LogP contribution in [-0.4, -0.2) is 0 Å². The Morgan fingerprint density at radius 1 is 0.656 bits per heavy atom. The molecule has 0 unspecified atom stereocenters. The predicted molar refractivity (Wildman–Crippen MR) is 136 cm³/mol. The minimum Gasteiger partial charge on any atom is -0.0625 e. The molecule has 0 bridgehead atoms. The first kappa shape index (κ1) is 22.0. The van der Waals surface area contributed by atoms with E-state index in [2.05, 4.69) is 111 Å². The first-order chi connectivity index (χ1) is 15.5. The van der Waals surface area contributed by atoms with Crippen molar-refractivity contribution >= 4 is 0 Å². The Morgan fingerprint density at radius 2 is 1.19 bits per heavy atom. The molecule has 0 heteroatoms. The molecule has 0 aromatic heterocycles. The van der Waals surface area contributed by atoms with Crippen molar-refractivity contribution in [3.05, 3.63) is 106 Å². The summed E-state index contributed by atoms with van der Waals surface area (Å²) < 4.78 is 0. The number of rotatable bonds is 2. The second kappa shape index (κ2) is 10.4. The lowest BCUT2D eigenvalue weighted by atomic mass is 9.80. The van der Waals surface area contributed by atoms with Crippen molar-refractivity contribution < 1.29 is 0 Å². The molecule has 0 aliphatic heterocycles. The van der Waals surface area contributed by atoms with Crippen molar-refractivity contribution in [1.29, 1.82) is 0 Å². The van der Waals surface area contributed by atoms with Crippen LogP contribution in [0.1, 0.15) is 71.6 Å². The number of hydrogen-bond donors (Lipinski definition) is 0. The van der Waals surface area contributed by atoms with Crippen LogP contribution in [0.3, 0.4) is 0 Å². The standard InChI is InChI=1S/C32H32/c1-24-4-7-30(8-5-24)23-31-17-15-28(16-18-31)10-9-27-11-13-29(14-12-27)19-21-32-20-6-25(2)22-26(32)3/h6,11-18,20,22,24,30H,4-5,7-8,23H2,1-3H3. The van der Waals surface area contributed by atoms with Gasteiger partial charge in [0.15, 0.2) is 0 Å². The second-order valence-electron chi connectivity index (χ2n) is 9.42. The summed E-state index contributed by atoms with van der Waals surface area (Å²) in [6, 6.07) is 23.4. The molecule has 1 fully saturated rings. The molecule has 3 aromatic rings. The molecule has 4 rings (SSSR count). The minimum absolute atomic E-state index is 0.861. The summed E-state index contributed by atoms with van der Waals surface area (Å²) in [4.78, 5) is 0. The van der Waals surface area contributed by atoms with Crippen molar-refractivity contribution in [3.63, 3.8) is 0 Å². The van der Waals surface area contributed by atoms with Gasteiger partial charge in [-0.15, -0.1) is 0 Å². The molecule has 32 heavy (non-hydrogen) atoms. The molecule has 0 heterocycles. The fourth-order valence-corrected chi connectivity index (χ4v) is 4.47. The average Bonchev–Trinajstić information content (AvgIpc) is 2.80. The molecule has 0 radical (unpaired) electrons. The van der Waals surface area contributed by atoms with E-state index >= 15 is 0 Å². The van der Waals surface area contributed by atoms with E-state index in [4.69, 9.17) is 0 Å². The predicted octanol–water partition coefficient (Wildman–Crippen LogP) is 7.47. The zero-order chi connectivity index (χ0) is 22.3. The highest BCUT2D eigenvalue weighted by Gasteiger charge is 2.18. The van der Waals surface area contributed by atoms with E-state index in [1.54, 1.807) is 0 Å². The van der Waals surface area contributed by atoms with Crippen LogP contribution in [0, 0.1) is 49.4 Å². The highest BCUT2D eigenvalue weighted by atomic mass is 14.2. The Morgan fingerprint density at radius 3 is 1.75 bits per heavy atom. The monoisotopic (exact) mass is 416 g/mol. The van der Waals surface area contributed by atoms with Crippen LogP contribution >= 0.6 is 0 Å². The molecule has 0 saturated heterocycles. The quantitative estimate of drug-likeness (QED) is 0.380. The van der Waals surface area contributed by atoms with Gasteiger partial charge in [0.2, 0.25) is 0 Å². The normalized spacial score (nSPS) is 17.6. The van der Waals surface area contributed by atoms with Gasteiger partial charge in [0.1, 0.15) is 0 Å². The van der Waals surface area contributed by atoms with Gasteiger partial charge >= 0.3 is 0 Å². The molecule has 3 aromatic carbocycles. The molecule has 0 atom stereocenters. The van der Waals surface area contributed by atoms with Crippen LogP contribution in [0.15, 0.2) is 66.7 Å². The van der Waals surface area contributed by atoms with Crippen LogP contribution < -0.4 is 0 Å². The maximum atomic E-state index is 3.30. The molecule has 0 nitrogen and oxygen atoms in total. The Hall–Kier alpha value is -3.22. The molecule has 0 N–H and O–H groups in total. The topological polar surface area (TPSA) is 0 Å². The van der Waals surface area contributed by atoms with Crippen molar-refractivity contribution in [2.45, 2.75) is 52.9 Å². The van der Waals surface area contributed by atoms with Gasteiger partial charge < -0.3 is 0 Å². The first-order valence-electron chi connectivity index (χ1n) is 11.9. The molecule has 160 valence electrons. The first-order valence-corrected chi connectivity index (χ1v) is 11.9. The van der Waals surface area contributed by atoms with Gasteiger partial charge in [-0.05, 0) is 98.5 Å². The van der Waals surface area contributed by atoms with Gasteiger partial charge in [0.25, 0.3) is 0 Å². The van der Waals surface area contributed by atoms with Crippen LogP contribution in [0.25, 0.3) is 0 Å². The fourth-order valence-electron chi connectivity index (χ4n) is 4.47. The zero-order valence-corrected chi connectivity index (χ0v) is 19.5. The van der Waals surface area contributed by atoms with E-state index in [0.29, 0.717) is 0 Å². The molecule has 1 saturated carbocycles. The van der Waals surface area contributed by atoms with Crippen LogP contribution in [0.4, 0.5) is 0 Å². The van der Waals surface area contributed by atoms with Crippen LogP contribution in [0.5, 0.6) is 0 Å². The second-order valence-corrected chi connectivity index (χ2v) is 9.42. The summed E-state index contributed by atoms with van der Waals surface area (Å²) in [5.41, 5.74) is 8.12. The average molecular weight is 417 g/mol. The smallest absolute Gasteiger partial charge is 0.0278 e. The third-order valence-electron chi connectivity index (χ3n) is 6.57. The summed E-state index contributed by atoms with van der Waals surface area (Å²) in [5.74, 6) is 14.9. The number of aryl methyl sites for hydroxylation is 2. The van der Waals surface area contributed by atoms with Crippen molar-refractivity contribution in [3.8, 4) is 23.7 Å². The minimum atomic E-state index is 0.861. The largest absolute Gasteiger partial charge is 0.0625 e. The Kier molecular flexibility index (Phi) is 7.14. The lowest BCUT2D eigenvalue weighted by Crippen LogP contribution is -2.14. The molecule has 0 spiro atoms. The summed E-state index contributed by atoms with van der Waals surface area (Å²) in [7, 11) is 0. The third kappa shape index (κ3) is 6.15. The van der Waals surface area contributed by atoms with E-state index in [1.807, 2.05) is 0 Å². The highest BCUT2D eigenvalue weighted by Crippen LogP contribution is 2.30. The Balaban J connectivity index is 1.36. The summed E-state index contributed by atoms with van der Waals surface area (Å²) in [6.07, 6.45) is 6.76. The highest BCUT2D eigenvalue weighted by molar-refractivity contribution is 5.49. The van der Waals surface area contributed by atoms with E-state index < -0.39 is 0 Å². The zero-order valence-electron chi connectivity index (χ0n) is 19.5. The van der Waals surface area contributed by atoms with E-state index in [-0.39, 0.29) is 0 Å². The fraction of sp³-hybridized carbons (Fsp3) is 0.312. The van der Waals surface area contributed by atoms with E-state index in [0.717, 1.165) is 34.1 Å². The summed E-state index contributed by atoms with van der Waals surface area (Å²) >= 11 is 0. The molecular formula is C32H32. The lowest BCUT2D eigenvalue weighted by Gasteiger charge is -2.26. The number of hydrogen-bond acceptors (Lipinski definition) is 0. The van der Waals surface area contributed by atoms with Gasteiger partial charge in [0.05, 0.1) is 0 Å². The van der Waals surface area contributed by atoms with Gasteiger partial charge in [-0.2, -0.15) is 0 Å². The molecular weight excluding hydrogens is 384 g/mol. The van der Waals surface area contributed by atoms with Crippen LogP contribution in [0.2, 0.25) is 0 Å². The SMILES string of the molecule is Cc1ccc(C#Cc2ccc(C#Cc3ccc(CC4CCC(C)CC4)cc3)cc2)c(C)c1. The van der Waals surface area contributed by atoms with E-state index in [9.17, 15) is 0 Å².